The third-order valence-electron chi connectivity index (χ3n) is 5.16. The van der Waals surface area contributed by atoms with Gasteiger partial charge in [0.25, 0.3) is 0 Å². The van der Waals surface area contributed by atoms with Gasteiger partial charge in [0.2, 0.25) is 0 Å². The Balaban J connectivity index is 0.00000300. The number of unbranched alkanes of at least 4 members (excludes halogenated alkanes) is 1. The molecule has 2 aromatic rings. The van der Waals surface area contributed by atoms with Gasteiger partial charge in [-0.2, -0.15) is 0 Å². The summed E-state index contributed by atoms with van der Waals surface area (Å²) in [6, 6.07) is 13.1. The lowest BCUT2D eigenvalue weighted by molar-refractivity contribution is 0.253. The number of nitrogens with zero attached hydrogens (tertiary/aromatic N) is 3. The van der Waals surface area contributed by atoms with Gasteiger partial charge in [-0.3, -0.25) is 9.89 Å². The monoisotopic (exact) mass is 527 g/mol. The van der Waals surface area contributed by atoms with E-state index in [2.05, 4.69) is 68.8 Å². The minimum Gasteiger partial charge on any atom is -0.370 e. The van der Waals surface area contributed by atoms with E-state index in [1.165, 1.54) is 22.5 Å². The summed E-state index contributed by atoms with van der Waals surface area (Å²) < 4.78 is 0. The second-order valence-corrected chi connectivity index (χ2v) is 8.43. The first-order valence-corrected chi connectivity index (χ1v) is 11.2. The van der Waals surface area contributed by atoms with Crippen LogP contribution in [-0.2, 0) is 6.42 Å². The summed E-state index contributed by atoms with van der Waals surface area (Å²) in [6.45, 7) is 9.48. The van der Waals surface area contributed by atoms with E-state index in [4.69, 9.17) is 5.73 Å². The van der Waals surface area contributed by atoms with Crippen LogP contribution in [0.2, 0.25) is 0 Å². The number of nitrogens with two attached hydrogens (primary N) is 1. The summed E-state index contributed by atoms with van der Waals surface area (Å²) in [5.74, 6) is 0.573. The Bertz CT molecular complexity index is 727. The number of guanidine groups is 1. The fourth-order valence-electron chi connectivity index (χ4n) is 3.53. The molecule has 1 aromatic heterocycles. The van der Waals surface area contributed by atoms with Crippen LogP contribution in [0.4, 0.5) is 5.69 Å². The van der Waals surface area contributed by atoms with E-state index in [1.807, 2.05) is 0 Å². The van der Waals surface area contributed by atoms with Crippen LogP contribution in [0.3, 0.4) is 0 Å². The summed E-state index contributed by atoms with van der Waals surface area (Å²) in [7, 11) is 0. The van der Waals surface area contributed by atoms with E-state index >= 15 is 0 Å². The highest BCUT2D eigenvalue weighted by molar-refractivity contribution is 14.0. The van der Waals surface area contributed by atoms with Crippen molar-refractivity contribution in [1.82, 2.24) is 10.2 Å². The van der Waals surface area contributed by atoms with E-state index in [9.17, 15) is 0 Å². The Morgan fingerprint density at radius 1 is 1.14 bits per heavy atom. The highest BCUT2D eigenvalue weighted by atomic mass is 127. The molecule has 5 nitrogen and oxygen atoms in total. The second kappa shape index (κ2) is 13.1. The van der Waals surface area contributed by atoms with Crippen molar-refractivity contribution in [2.24, 2.45) is 10.7 Å². The van der Waals surface area contributed by atoms with Crippen molar-refractivity contribution < 1.29 is 0 Å². The van der Waals surface area contributed by atoms with Crippen LogP contribution in [0.25, 0.3) is 0 Å². The first-order valence-electron chi connectivity index (χ1n) is 10.3. The van der Waals surface area contributed by atoms with Crippen molar-refractivity contribution in [2.45, 2.75) is 26.2 Å². The fraction of sp³-hybridized carbons (Fsp3) is 0.500. The standard InChI is InChI=1S/C22H33N5S.HI/c1-19-6-4-7-20(18-19)27-15-13-26(14-16-27)12-3-2-10-24-22(23)25-11-9-21-8-5-17-28-21;/h4-8,17-18H,2-3,9-16H2,1H3,(H3,23,24,25);1H. The molecule has 0 unspecified atom stereocenters. The fourth-order valence-corrected chi connectivity index (χ4v) is 4.23. The maximum absolute atomic E-state index is 5.95. The largest absolute Gasteiger partial charge is 0.370 e. The molecular formula is C22H34IN5S. The molecule has 3 rings (SSSR count). The molecule has 0 radical (unpaired) electrons. The number of aryl methyl sites for hydroxylation is 1. The maximum atomic E-state index is 5.95. The molecule has 0 bridgehead atoms. The molecule has 1 aromatic carbocycles. The molecule has 1 aliphatic heterocycles. The van der Waals surface area contributed by atoms with Gasteiger partial charge in [-0.15, -0.1) is 35.3 Å². The van der Waals surface area contributed by atoms with Gasteiger partial charge >= 0.3 is 0 Å². The molecule has 29 heavy (non-hydrogen) atoms. The number of aliphatic imine (C=N–C) groups is 1. The molecular weight excluding hydrogens is 493 g/mol. The predicted octanol–water partition coefficient (Wildman–Crippen LogP) is 3.72. The van der Waals surface area contributed by atoms with Gasteiger partial charge in [0, 0.05) is 49.8 Å². The lowest BCUT2D eigenvalue weighted by Crippen LogP contribution is -2.46. The number of halogens is 1. The Hall–Kier alpha value is -1.32. The number of nitrogens with one attached hydrogen (secondary N) is 1. The topological polar surface area (TPSA) is 56.9 Å². The number of benzene rings is 1. The van der Waals surface area contributed by atoms with Gasteiger partial charge in [-0.05, 0) is 61.9 Å². The number of thiophene rings is 1. The van der Waals surface area contributed by atoms with Gasteiger partial charge < -0.3 is 16.0 Å². The Kier molecular flexibility index (Phi) is 10.8. The summed E-state index contributed by atoms with van der Waals surface area (Å²) in [4.78, 5) is 10.9. The third kappa shape index (κ3) is 8.52. The quantitative estimate of drug-likeness (QED) is 0.226. The van der Waals surface area contributed by atoms with Gasteiger partial charge in [-0.1, -0.05) is 18.2 Å². The second-order valence-electron chi connectivity index (χ2n) is 7.40. The number of hydrogen-bond donors (Lipinski definition) is 2. The zero-order chi connectivity index (χ0) is 19.6. The minimum atomic E-state index is 0. The van der Waals surface area contributed by atoms with Crippen molar-refractivity contribution >= 4 is 47.0 Å². The van der Waals surface area contributed by atoms with E-state index in [-0.39, 0.29) is 24.0 Å². The van der Waals surface area contributed by atoms with Crippen molar-refractivity contribution in [1.29, 1.82) is 0 Å². The van der Waals surface area contributed by atoms with Crippen molar-refractivity contribution in [3.63, 3.8) is 0 Å². The van der Waals surface area contributed by atoms with E-state index in [0.717, 1.165) is 58.7 Å². The van der Waals surface area contributed by atoms with Crippen LogP contribution in [-0.4, -0.2) is 56.7 Å². The maximum Gasteiger partial charge on any atom is 0.188 e. The smallest absolute Gasteiger partial charge is 0.188 e. The van der Waals surface area contributed by atoms with Gasteiger partial charge in [-0.25, -0.2) is 0 Å². The van der Waals surface area contributed by atoms with Crippen LogP contribution in [0.15, 0.2) is 46.8 Å². The molecule has 1 aliphatic rings. The van der Waals surface area contributed by atoms with Gasteiger partial charge in [0.15, 0.2) is 5.96 Å². The normalized spacial score (nSPS) is 15.2. The summed E-state index contributed by atoms with van der Waals surface area (Å²) in [6.07, 6.45) is 3.27. The Morgan fingerprint density at radius 2 is 1.97 bits per heavy atom. The minimum absolute atomic E-state index is 0. The van der Waals surface area contributed by atoms with E-state index < -0.39 is 0 Å². The molecule has 0 spiro atoms. The lowest BCUT2D eigenvalue weighted by atomic mass is 10.2. The molecule has 1 fully saturated rings. The lowest BCUT2D eigenvalue weighted by Gasteiger charge is -2.36. The average Bonchev–Trinajstić information content (AvgIpc) is 3.22. The zero-order valence-electron chi connectivity index (χ0n) is 17.3. The third-order valence-corrected chi connectivity index (χ3v) is 6.10. The Morgan fingerprint density at radius 3 is 2.69 bits per heavy atom. The number of anilines is 1. The van der Waals surface area contributed by atoms with Crippen LogP contribution in [0.1, 0.15) is 23.3 Å². The molecule has 0 amide bonds. The highest BCUT2D eigenvalue weighted by Crippen LogP contribution is 2.17. The first-order chi connectivity index (χ1) is 13.7. The van der Waals surface area contributed by atoms with Crippen molar-refractivity contribution in [2.75, 3.05) is 50.7 Å². The summed E-state index contributed by atoms with van der Waals surface area (Å²) in [5, 5.41) is 5.31. The van der Waals surface area contributed by atoms with Crippen molar-refractivity contribution in [3.8, 4) is 0 Å². The molecule has 3 N–H and O–H groups in total. The number of rotatable bonds is 9. The number of hydrogen-bond acceptors (Lipinski definition) is 4. The van der Waals surface area contributed by atoms with E-state index in [1.54, 1.807) is 11.3 Å². The van der Waals surface area contributed by atoms with Crippen LogP contribution >= 0.6 is 35.3 Å². The summed E-state index contributed by atoms with van der Waals surface area (Å²) >= 11 is 1.78. The molecule has 1 saturated heterocycles. The van der Waals surface area contributed by atoms with Crippen molar-refractivity contribution in [3.05, 3.63) is 52.2 Å². The van der Waals surface area contributed by atoms with Crippen LogP contribution in [0, 0.1) is 6.92 Å². The highest BCUT2D eigenvalue weighted by Gasteiger charge is 2.16. The zero-order valence-corrected chi connectivity index (χ0v) is 20.5. The molecule has 0 aliphatic carbocycles. The van der Waals surface area contributed by atoms with Gasteiger partial charge in [0.1, 0.15) is 0 Å². The average molecular weight is 528 g/mol. The van der Waals surface area contributed by atoms with Crippen LogP contribution < -0.4 is 16.0 Å². The SMILES string of the molecule is Cc1cccc(N2CCN(CCCCN=C(N)NCCc3cccs3)CC2)c1.I. The summed E-state index contributed by atoms with van der Waals surface area (Å²) in [5.41, 5.74) is 8.64. The first kappa shape index (κ1) is 24.0. The predicted molar refractivity (Wildman–Crippen MR) is 137 cm³/mol. The Labute approximate surface area is 196 Å². The van der Waals surface area contributed by atoms with E-state index in [0.29, 0.717) is 5.96 Å². The van der Waals surface area contributed by atoms with Crippen LogP contribution in [0.5, 0.6) is 0 Å². The molecule has 2 heterocycles. The van der Waals surface area contributed by atoms with Gasteiger partial charge in [0.05, 0.1) is 0 Å². The number of piperazine rings is 1. The molecule has 7 heteroatoms. The molecule has 160 valence electrons. The molecule has 0 atom stereocenters. The molecule has 0 saturated carbocycles.